The summed E-state index contributed by atoms with van der Waals surface area (Å²) in [5.41, 5.74) is 1.83. The zero-order valence-electron chi connectivity index (χ0n) is 12.2. The van der Waals surface area contributed by atoms with Gasteiger partial charge in [0.05, 0.1) is 6.54 Å². The molecular weight excluding hydrogens is 253 g/mol. The number of imidazole rings is 1. The molecule has 20 heavy (non-hydrogen) atoms. The maximum absolute atomic E-state index is 13.9. The van der Waals surface area contributed by atoms with E-state index in [1.54, 1.807) is 12.3 Å². The maximum Gasteiger partial charge on any atom is 0.128 e. The molecule has 0 unspecified atom stereocenters. The predicted molar refractivity (Wildman–Crippen MR) is 79.1 cm³/mol. The van der Waals surface area contributed by atoms with E-state index in [0.717, 1.165) is 42.9 Å². The average Bonchev–Trinajstić information content (AvgIpc) is 2.87. The topological polar surface area (TPSA) is 29.9 Å². The van der Waals surface area contributed by atoms with E-state index in [-0.39, 0.29) is 5.82 Å². The largest absolute Gasteiger partial charge is 0.330 e. The highest BCUT2D eigenvalue weighted by Crippen LogP contribution is 2.14. The van der Waals surface area contributed by atoms with Crippen LogP contribution in [0.1, 0.15) is 37.2 Å². The van der Waals surface area contributed by atoms with Gasteiger partial charge in [0.15, 0.2) is 0 Å². The van der Waals surface area contributed by atoms with Crippen LogP contribution in [0.5, 0.6) is 0 Å². The van der Waals surface area contributed by atoms with Gasteiger partial charge in [0, 0.05) is 30.9 Å². The molecule has 1 heterocycles. The van der Waals surface area contributed by atoms with Crippen LogP contribution in [0.4, 0.5) is 4.39 Å². The molecule has 0 bridgehead atoms. The third kappa shape index (κ3) is 3.67. The predicted octanol–water partition coefficient (Wildman–Crippen LogP) is 3.13. The first-order valence-corrected chi connectivity index (χ1v) is 7.22. The second kappa shape index (κ2) is 7.20. The molecule has 4 heteroatoms. The minimum absolute atomic E-state index is 0.151. The quantitative estimate of drug-likeness (QED) is 0.841. The number of aromatic nitrogens is 2. The molecule has 0 fully saturated rings. The van der Waals surface area contributed by atoms with Crippen molar-refractivity contribution in [3.63, 3.8) is 0 Å². The number of hydrogen-bond donors (Lipinski definition) is 1. The highest BCUT2D eigenvalue weighted by atomic mass is 19.1. The summed E-state index contributed by atoms with van der Waals surface area (Å²) in [6.07, 6.45) is 5.67. The molecule has 0 aliphatic heterocycles. The molecule has 1 N–H and O–H groups in total. The second-order valence-corrected chi connectivity index (χ2v) is 4.93. The number of halogens is 1. The number of nitrogens with zero attached hydrogens (tertiary/aromatic N) is 2. The standard InChI is InChI=1S/C16H22FN3/c1-3-5-16-19-8-9-20(16)12-14-10-13(11-18-4-2)6-7-15(14)17/h6-10,18H,3-5,11-12H2,1-2H3. The van der Waals surface area contributed by atoms with E-state index in [2.05, 4.69) is 24.1 Å². The molecule has 1 aromatic heterocycles. The molecular formula is C16H22FN3. The van der Waals surface area contributed by atoms with E-state index in [0.29, 0.717) is 6.54 Å². The van der Waals surface area contributed by atoms with Crippen LogP contribution in [0.3, 0.4) is 0 Å². The Hall–Kier alpha value is -1.68. The van der Waals surface area contributed by atoms with E-state index in [1.807, 2.05) is 22.9 Å². The van der Waals surface area contributed by atoms with Crippen molar-refractivity contribution in [3.8, 4) is 0 Å². The molecule has 0 aliphatic carbocycles. The van der Waals surface area contributed by atoms with Crippen LogP contribution in [0.25, 0.3) is 0 Å². The summed E-state index contributed by atoms with van der Waals surface area (Å²) >= 11 is 0. The van der Waals surface area contributed by atoms with E-state index in [9.17, 15) is 4.39 Å². The van der Waals surface area contributed by atoms with Crippen molar-refractivity contribution in [1.29, 1.82) is 0 Å². The molecule has 0 spiro atoms. The minimum atomic E-state index is -0.151. The third-order valence-corrected chi connectivity index (χ3v) is 3.31. The summed E-state index contributed by atoms with van der Waals surface area (Å²) in [5, 5.41) is 3.26. The number of nitrogens with one attached hydrogen (secondary N) is 1. The van der Waals surface area contributed by atoms with Gasteiger partial charge in [-0.25, -0.2) is 9.37 Å². The lowest BCUT2D eigenvalue weighted by Crippen LogP contribution is -2.12. The molecule has 2 rings (SSSR count). The summed E-state index contributed by atoms with van der Waals surface area (Å²) in [4.78, 5) is 4.33. The number of rotatable bonds is 7. The normalized spacial score (nSPS) is 10.9. The van der Waals surface area contributed by atoms with Gasteiger partial charge in [-0.15, -0.1) is 0 Å². The summed E-state index contributed by atoms with van der Waals surface area (Å²) < 4.78 is 16.0. The van der Waals surface area contributed by atoms with E-state index >= 15 is 0 Å². The molecule has 1 aromatic carbocycles. The molecule has 3 nitrogen and oxygen atoms in total. The number of benzene rings is 1. The van der Waals surface area contributed by atoms with Gasteiger partial charge in [-0.3, -0.25) is 0 Å². The zero-order chi connectivity index (χ0) is 14.4. The smallest absolute Gasteiger partial charge is 0.128 e. The van der Waals surface area contributed by atoms with E-state index in [1.165, 1.54) is 0 Å². The van der Waals surface area contributed by atoms with Gasteiger partial charge in [-0.05, 0) is 30.7 Å². The van der Waals surface area contributed by atoms with E-state index in [4.69, 9.17) is 0 Å². The lowest BCUT2D eigenvalue weighted by molar-refractivity contribution is 0.590. The Kier molecular flexibility index (Phi) is 5.30. The molecule has 0 saturated heterocycles. The molecule has 0 aliphatic rings. The Balaban J connectivity index is 2.17. The van der Waals surface area contributed by atoms with Gasteiger partial charge in [-0.1, -0.05) is 19.9 Å². The first-order valence-electron chi connectivity index (χ1n) is 7.22. The maximum atomic E-state index is 13.9. The Morgan fingerprint density at radius 3 is 2.90 bits per heavy atom. The van der Waals surface area contributed by atoms with Gasteiger partial charge in [0.1, 0.15) is 11.6 Å². The van der Waals surface area contributed by atoms with Crippen molar-refractivity contribution in [2.45, 2.75) is 39.8 Å². The van der Waals surface area contributed by atoms with Crippen molar-refractivity contribution in [1.82, 2.24) is 14.9 Å². The van der Waals surface area contributed by atoms with Crippen LogP contribution in [0.15, 0.2) is 30.6 Å². The van der Waals surface area contributed by atoms with E-state index < -0.39 is 0 Å². The molecule has 0 saturated carbocycles. The summed E-state index contributed by atoms with van der Waals surface area (Å²) in [6.45, 7) is 6.41. The Morgan fingerprint density at radius 2 is 2.15 bits per heavy atom. The molecule has 0 amide bonds. The third-order valence-electron chi connectivity index (χ3n) is 3.31. The zero-order valence-corrected chi connectivity index (χ0v) is 12.2. The van der Waals surface area contributed by atoms with Crippen LogP contribution in [0.2, 0.25) is 0 Å². The van der Waals surface area contributed by atoms with Crippen LogP contribution >= 0.6 is 0 Å². The van der Waals surface area contributed by atoms with Crippen LogP contribution in [-0.2, 0) is 19.5 Å². The molecule has 0 radical (unpaired) electrons. The average molecular weight is 275 g/mol. The molecule has 0 atom stereocenters. The highest BCUT2D eigenvalue weighted by Gasteiger charge is 2.07. The van der Waals surface area contributed by atoms with Crippen molar-refractivity contribution in [2.24, 2.45) is 0 Å². The minimum Gasteiger partial charge on any atom is -0.330 e. The SMILES string of the molecule is CCCc1nccn1Cc1cc(CNCC)ccc1F. The van der Waals surface area contributed by atoms with Gasteiger partial charge >= 0.3 is 0 Å². The van der Waals surface area contributed by atoms with Gasteiger partial charge in [-0.2, -0.15) is 0 Å². The Morgan fingerprint density at radius 1 is 1.30 bits per heavy atom. The van der Waals surface area contributed by atoms with Crippen LogP contribution in [-0.4, -0.2) is 16.1 Å². The van der Waals surface area contributed by atoms with Crippen molar-refractivity contribution >= 4 is 0 Å². The number of aryl methyl sites for hydroxylation is 1. The lowest BCUT2D eigenvalue weighted by Gasteiger charge is -2.10. The van der Waals surface area contributed by atoms with Crippen LogP contribution in [0, 0.1) is 5.82 Å². The summed E-state index contributed by atoms with van der Waals surface area (Å²) in [6, 6.07) is 5.33. The van der Waals surface area contributed by atoms with Gasteiger partial charge < -0.3 is 9.88 Å². The fraction of sp³-hybridized carbons (Fsp3) is 0.438. The first-order chi connectivity index (χ1) is 9.74. The Labute approximate surface area is 119 Å². The summed E-state index contributed by atoms with van der Waals surface area (Å²) in [7, 11) is 0. The first kappa shape index (κ1) is 14.7. The lowest BCUT2D eigenvalue weighted by atomic mass is 10.1. The monoisotopic (exact) mass is 275 g/mol. The van der Waals surface area contributed by atoms with Crippen LogP contribution < -0.4 is 5.32 Å². The summed E-state index contributed by atoms with van der Waals surface area (Å²) in [5.74, 6) is 0.866. The van der Waals surface area contributed by atoms with Crippen molar-refractivity contribution < 1.29 is 4.39 Å². The fourth-order valence-corrected chi connectivity index (χ4v) is 2.25. The second-order valence-electron chi connectivity index (χ2n) is 4.93. The Bertz CT molecular complexity index is 548. The highest BCUT2D eigenvalue weighted by molar-refractivity contribution is 5.25. The fourth-order valence-electron chi connectivity index (χ4n) is 2.25. The number of hydrogen-bond acceptors (Lipinski definition) is 2. The van der Waals surface area contributed by atoms with Gasteiger partial charge in [0.2, 0.25) is 0 Å². The molecule has 2 aromatic rings. The van der Waals surface area contributed by atoms with Crippen molar-refractivity contribution in [3.05, 3.63) is 53.4 Å². The molecule has 108 valence electrons. The van der Waals surface area contributed by atoms with Gasteiger partial charge in [0.25, 0.3) is 0 Å². The van der Waals surface area contributed by atoms with Crippen molar-refractivity contribution in [2.75, 3.05) is 6.54 Å².